The molecule has 0 bridgehead atoms. The first-order chi connectivity index (χ1) is 12.4. The summed E-state index contributed by atoms with van der Waals surface area (Å²) in [6.45, 7) is 15.2. The second-order valence-corrected chi connectivity index (χ2v) is 8.62. The van der Waals surface area contributed by atoms with Crippen LogP contribution in [0.3, 0.4) is 0 Å². The molecule has 142 valence electrons. The van der Waals surface area contributed by atoms with E-state index in [9.17, 15) is 0 Å². The molecule has 1 saturated heterocycles. The lowest BCUT2D eigenvalue weighted by molar-refractivity contribution is 0.146. The molecule has 6 heteroatoms. The molecule has 1 aromatic carbocycles. The molecular weight excluding hydrogens is 324 g/mol. The number of piperazine rings is 1. The zero-order chi connectivity index (χ0) is 18.7. The molecule has 0 saturated carbocycles. The van der Waals surface area contributed by atoms with Crippen LogP contribution in [0, 0.1) is 5.92 Å². The Morgan fingerprint density at radius 2 is 1.65 bits per heavy atom. The smallest absolute Gasteiger partial charge is 0.168 e. The lowest BCUT2D eigenvalue weighted by Gasteiger charge is -2.40. The minimum absolute atomic E-state index is 0.111. The van der Waals surface area contributed by atoms with E-state index < -0.39 is 0 Å². The van der Waals surface area contributed by atoms with Crippen LogP contribution in [0.25, 0.3) is 0 Å². The van der Waals surface area contributed by atoms with Crippen LogP contribution in [0.1, 0.15) is 52.9 Å². The summed E-state index contributed by atoms with van der Waals surface area (Å²) >= 11 is 0. The number of hydrogen-bond acceptors (Lipinski definition) is 5. The summed E-state index contributed by atoms with van der Waals surface area (Å²) in [6, 6.07) is 11.0. The standard InChI is InChI=1S/C20H32N6/c1-16(2)15-18(19-21-22-23-26(19)20(3,4)5)25-13-11-24(12-14-25)17-9-7-6-8-10-17/h6-10,16,18H,11-15H2,1-5H3/t18-/m1/s1. The number of para-hydroxylation sites is 1. The van der Waals surface area contributed by atoms with Gasteiger partial charge >= 0.3 is 0 Å². The van der Waals surface area contributed by atoms with Crippen LogP contribution in [0.15, 0.2) is 30.3 Å². The van der Waals surface area contributed by atoms with Crippen LogP contribution in [-0.2, 0) is 5.54 Å². The van der Waals surface area contributed by atoms with Crippen LogP contribution < -0.4 is 4.90 Å². The van der Waals surface area contributed by atoms with E-state index in [4.69, 9.17) is 0 Å². The van der Waals surface area contributed by atoms with Gasteiger partial charge in [0.05, 0.1) is 11.6 Å². The maximum Gasteiger partial charge on any atom is 0.168 e. The first kappa shape index (κ1) is 18.8. The van der Waals surface area contributed by atoms with Gasteiger partial charge in [0.15, 0.2) is 5.82 Å². The van der Waals surface area contributed by atoms with Gasteiger partial charge in [0, 0.05) is 31.9 Å². The number of anilines is 1. The topological polar surface area (TPSA) is 50.1 Å². The van der Waals surface area contributed by atoms with Gasteiger partial charge in [0.1, 0.15) is 0 Å². The molecule has 26 heavy (non-hydrogen) atoms. The lowest BCUT2D eigenvalue weighted by atomic mass is 9.99. The molecule has 0 radical (unpaired) electrons. The maximum absolute atomic E-state index is 4.44. The molecule has 0 aliphatic carbocycles. The van der Waals surface area contributed by atoms with Crippen molar-refractivity contribution in [3.05, 3.63) is 36.2 Å². The first-order valence-corrected chi connectivity index (χ1v) is 9.69. The fourth-order valence-corrected chi connectivity index (χ4v) is 3.67. The first-order valence-electron chi connectivity index (χ1n) is 9.69. The molecular formula is C20H32N6. The Morgan fingerprint density at radius 3 is 2.23 bits per heavy atom. The molecule has 0 unspecified atom stereocenters. The second-order valence-electron chi connectivity index (χ2n) is 8.62. The molecule has 6 nitrogen and oxygen atoms in total. The number of hydrogen-bond donors (Lipinski definition) is 0. The van der Waals surface area contributed by atoms with E-state index in [-0.39, 0.29) is 11.6 Å². The molecule has 1 atom stereocenters. The Bertz CT molecular complexity index is 680. The van der Waals surface area contributed by atoms with Crippen molar-refractivity contribution in [1.82, 2.24) is 25.1 Å². The van der Waals surface area contributed by atoms with Gasteiger partial charge in [-0.05, 0) is 55.7 Å². The quantitative estimate of drug-likeness (QED) is 0.822. The summed E-state index contributed by atoms with van der Waals surface area (Å²) in [5, 5.41) is 12.7. The average molecular weight is 357 g/mol. The van der Waals surface area contributed by atoms with E-state index in [1.165, 1.54) is 5.69 Å². The van der Waals surface area contributed by atoms with Crippen molar-refractivity contribution in [2.24, 2.45) is 5.92 Å². The highest BCUT2D eigenvalue weighted by atomic mass is 15.6. The van der Waals surface area contributed by atoms with E-state index in [0.717, 1.165) is 38.4 Å². The van der Waals surface area contributed by atoms with Crippen LogP contribution in [0.2, 0.25) is 0 Å². The van der Waals surface area contributed by atoms with Crippen LogP contribution in [0.4, 0.5) is 5.69 Å². The van der Waals surface area contributed by atoms with Gasteiger partial charge in [0.2, 0.25) is 0 Å². The van der Waals surface area contributed by atoms with Crippen molar-refractivity contribution >= 4 is 5.69 Å². The predicted molar refractivity (Wildman–Crippen MR) is 105 cm³/mol. The summed E-state index contributed by atoms with van der Waals surface area (Å²) in [5.41, 5.74) is 1.20. The molecule has 2 aromatic rings. The average Bonchev–Trinajstić information content (AvgIpc) is 3.10. The summed E-state index contributed by atoms with van der Waals surface area (Å²) < 4.78 is 2.00. The lowest BCUT2D eigenvalue weighted by Crippen LogP contribution is -2.48. The zero-order valence-electron chi connectivity index (χ0n) is 16.8. The van der Waals surface area contributed by atoms with Gasteiger partial charge in [-0.15, -0.1) is 5.10 Å². The monoisotopic (exact) mass is 356 g/mol. The van der Waals surface area contributed by atoms with Gasteiger partial charge in [-0.25, -0.2) is 4.68 Å². The van der Waals surface area contributed by atoms with Crippen LogP contribution in [0.5, 0.6) is 0 Å². The Hall–Kier alpha value is -1.95. The third kappa shape index (κ3) is 4.23. The van der Waals surface area contributed by atoms with E-state index in [1.807, 2.05) is 4.68 Å². The van der Waals surface area contributed by atoms with Crippen molar-refractivity contribution in [2.45, 2.75) is 52.6 Å². The third-order valence-electron chi connectivity index (χ3n) is 5.00. The van der Waals surface area contributed by atoms with Gasteiger partial charge in [0.25, 0.3) is 0 Å². The molecule has 0 spiro atoms. The molecule has 2 heterocycles. The molecule has 1 aliphatic rings. The van der Waals surface area contributed by atoms with Gasteiger partial charge in [-0.1, -0.05) is 32.0 Å². The van der Waals surface area contributed by atoms with E-state index in [2.05, 4.69) is 90.3 Å². The minimum atomic E-state index is -0.111. The predicted octanol–water partition coefficient (Wildman–Crippen LogP) is 3.34. The Labute approximate surface area is 157 Å². The molecule has 1 aromatic heterocycles. The molecule has 0 amide bonds. The fourth-order valence-electron chi connectivity index (χ4n) is 3.67. The van der Waals surface area contributed by atoms with Crippen LogP contribution >= 0.6 is 0 Å². The highest BCUT2D eigenvalue weighted by Crippen LogP contribution is 2.30. The zero-order valence-corrected chi connectivity index (χ0v) is 16.8. The Kier molecular flexibility index (Phi) is 5.61. The molecule has 0 N–H and O–H groups in total. The summed E-state index contributed by atoms with van der Waals surface area (Å²) in [5.74, 6) is 1.59. The minimum Gasteiger partial charge on any atom is -0.369 e. The highest BCUT2D eigenvalue weighted by molar-refractivity contribution is 5.46. The molecule has 3 rings (SSSR count). The SMILES string of the molecule is CC(C)C[C@H](c1nnnn1C(C)(C)C)N1CCN(c2ccccc2)CC1. The van der Waals surface area contributed by atoms with Gasteiger partial charge in [-0.3, -0.25) is 4.90 Å². The third-order valence-corrected chi connectivity index (χ3v) is 5.00. The van der Waals surface area contributed by atoms with Crippen molar-refractivity contribution in [2.75, 3.05) is 31.1 Å². The van der Waals surface area contributed by atoms with Crippen molar-refractivity contribution in [1.29, 1.82) is 0 Å². The number of nitrogens with zero attached hydrogens (tertiary/aromatic N) is 6. The van der Waals surface area contributed by atoms with Crippen LogP contribution in [-0.4, -0.2) is 51.3 Å². The number of benzene rings is 1. The normalized spacial score (nSPS) is 17.7. The van der Waals surface area contributed by atoms with Gasteiger partial charge in [-0.2, -0.15) is 0 Å². The number of aromatic nitrogens is 4. The maximum atomic E-state index is 4.44. The van der Waals surface area contributed by atoms with E-state index in [1.54, 1.807) is 0 Å². The second kappa shape index (κ2) is 7.74. The van der Waals surface area contributed by atoms with E-state index >= 15 is 0 Å². The summed E-state index contributed by atoms with van der Waals surface area (Å²) in [4.78, 5) is 5.03. The largest absolute Gasteiger partial charge is 0.369 e. The number of tetrazole rings is 1. The highest BCUT2D eigenvalue weighted by Gasteiger charge is 2.32. The fraction of sp³-hybridized carbons (Fsp3) is 0.650. The van der Waals surface area contributed by atoms with Crippen molar-refractivity contribution in [3.63, 3.8) is 0 Å². The Balaban J connectivity index is 1.77. The summed E-state index contributed by atoms with van der Waals surface area (Å²) in [6.07, 6.45) is 1.07. The summed E-state index contributed by atoms with van der Waals surface area (Å²) in [7, 11) is 0. The van der Waals surface area contributed by atoms with Crippen molar-refractivity contribution in [3.8, 4) is 0 Å². The van der Waals surface area contributed by atoms with Gasteiger partial charge < -0.3 is 4.90 Å². The van der Waals surface area contributed by atoms with Crippen molar-refractivity contribution < 1.29 is 0 Å². The molecule has 1 fully saturated rings. The number of rotatable bonds is 5. The van der Waals surface area contributed by atoms with E-state index in [0.29, 0.717) is 5.92 Å². The molecule has 1 aliphatic heterocycles. The Morgan fingerprint density at radius 1 is 1.00 bits per heavy atom.